The van der Waals surface area contributed by atoms with Crippen molar-refractivity contribution < 1.29 is 19.0 Å². The zero-order valence-electron chi connectivity index (χ0n) is 20.1. The number of oxime groups is 1. The second-order valence-corrected chi connectivity index (χ2v) is 8.10. The van der Waals surface area contributed by atoms with E-state index < -0.39 is 6.10 Å². The summed E-state index contributed by atoms with van der Waals surface area (Å²) < 4.78 is 17.1. The zero-order valence-corrected chi connectivity index (χ0v) is 20.9. The number of hydrogen-bond acceptors (Lipinski definition) is 6. The molecule has 180 valence electrons. The topological polar surface area (TPSA) is 68.3 Å². The molecule has 0 saturated heterocycles. The molecule has 8 heteroatoms. The molecule has 0 bridgehead atoms. The molecule has 1 unspecified atom stereocenters. The van der Waals surface area contributed by atoms with Gasteiger partial charge in [-0.3, -0.25) is 0 Å². The van der Waals surface area contributed by atoms with Crippen LogP contribution in [-0.4, -0.2) is 63.2 Å². The highest BCUT2D eigenvalue weighted by atomic mass is 35.5. The Hall–Kier alpha value is -3.34. The van der Waals surface area contributed by atoms with Crippen molar-refractivity contribution in [3.8, 4) is 40.8 Å². The zero-order chi connectivity index (χ0) is 23.5. The van der Waals surface area contributed by atoms with E-state index in [-0.39, 0.29) is 12.4 Å². The van der Waals surface area contributed by atoms with Gasteiger partial charge in [-0.25, -0.2) is 0 Å². The van der Waals surface area contributed by atoms with Gasteiger partial charge in [-0.1, -0.05) is 18.0 Å². The van der Waals surface area contributed by atoms with Crippen LogP contribution in [0.2, 0.25) is 0 Å². The largest absolute Gasteiger partial charge is 0.493 e. The lowest BCUT2D eigenvalue weighted by molar-refractivity contribution is 0.0971. The second-order valence-electron chi connectivity index (χ2n) is 8.10. The van der Waals surface area contributed by atoms with E-state index in [0.717, 1.165) is 45.6 Å². The second kappa shape index (κ2) is 10.7. The molecule has 1 aliphatic rings. The van der Waals surface area contributed by atoms with Crippen molar-refractivity contribution in [1.82, 2.24) is 9.88 Å². The average Bonchev–Trinajstić information content (AvgIpc) is 3.33. The van der Waals surface area contributed by atoms with Gasteiger partial charge in [0.25, 0.3) is 0 Å². The average molecular weight is 484 g/mol. The third kappa shape index (κ3) is 4.65. The fraction of sp³-hybridized carbons (Fsp3) is 0.346. The Balaban J connectivity index is 0.00000324. The standard InChI is InChI=1S/C26H29N3O4.ClH/c1-7-16(8-2)33-28-26-19-15-23(31-6)22(30-5)14-18(19)25-24(26)20-13-17(9-10-21(20)27-25)32-12-11-29(3)4;/h1,9-10,13-16,27H,8,11-12H2,2-6H3;1H/b28-26-;. The van der Waals surface area contributed by atoms with Crippen LogP contribution in [0.4, 0.5) is 0 Å². The van der Waals surface area contributed by atoms with Crippen molar-refractivity contribution in [2.45, 2.75) is 19.4 Å². The summed E-state index contributed by atoms with van der Waals surface area (Å²) in [4.78, 5) is 11.4. The molecular weight excluding hydrogens is 454 g/mol. The maximum atomic E-state index is 5.98. The van der Waals surface area contributed by atoms with Crippen LogP contribution in [0, 0.1) is 12.3 Å². The minimum Gasteiger partial charge on any atom is -0.493 e. The van der Waals surface area contributed by atoms with E-state index in [1.165, 1.54) is 0 Å². The SMILES string of the molecule is C#CC(CC)O/N=C1/c2cc(OC)c(OC)cc2-c2[nH]c3ccc(OCCN(C)C)cc3c21.Cl. The molecule has 3 aromatic rings. The van der Waals surface area contributed by atoms with Crippen LogP contribution in [0.25, 0.3) is 22.2 Å². The number of aromatic nitrogens is 1. The monoisotopic (exact) mass is 483 g/mol. The molecule has 1 heterocycles. The van der Waals surface area contributed by atoms with Crippen LogP contribution < -0.4 is 14.2 Å². The first kappa shape index (κ1) is 25.3. The number of H-pyrrole nitrogens is 1. The maximum absolute atomic E-state index is 5.98. The number of terminal acetylenes is 1. The van der Waals surface area contributed by atoms with E-state index in [2.05, 4.69) is 21.0 Å². The first-order chi connectivity index (χ1) is 16.0. The fourth-order valence-electron chi connectivity index (χ4n) is 3.91. The normalized spacial score (nSPS) is 13.7. The molecule has 1 aliphatic carbocycles. The number of likely N-dealkylation sites (N-methyl/N-ethyl adjacent to an activating group) is 1. The number of aromatic amines is 1. The van der Waals surface area contributed by atoms with Gasteiger partial charge in [0, 0.05) is 34.1 Å². The Labute approximate surface area is 206 Å². The van der Waals surface area contributed by atoms with Crippen molar-refractivity contribution in [2.75, 3.05) is 41.5 Å². The highest BCUT2D eigenvalue weighted by Gasteiger charge is 2.32. The summed E-state index contributed by atoms with van der Waals surface area (Å²) in [7, 11) is 7.28. The Bertz CT molecular complexity index is 1240. The van der Waals surface area contributed by atoms with Crippen LogP contribution in [0.1, 0.15) is 24.5 Å². The molecule has 0 radical (unpaired) electrons. The van der Waals surface area contributed by atoms with Crippen LogP contribution in [-0.2, 0) is 4.84 Å². The molecule has 0 saturated carbocycles. The quantitative estimate of drug-likeness (QED) is 0.276. The minimum atomic E-state index is -0.403. The summed E-state index contributed by atoms with van der Waals surface area (Å²) in [5, 5.41) is 5.52. The Morgan fingerprint density at radius 3 is 2.41 bits per heavy atom. The Kier molecular flexibility index (Phi) is 7.98. The molecule has 1 atom stereocenters. The van der Waals surface area contributed by atoms with Crippen molar-refractivity contribution in [1.29, 1.82) is 0 Å². The highest BCUT2D eigenvalue weighted by molar-refractivity contribution is 6.30. The van der Waals surface area contributed by atoms with Gasteiger partial charge in [-0.15, -0.1) is 18.8 Å². The summed E-state index contributed by atoms with van der Waals surface area (Å²) in [5.41, 5.74) is 5.43. The number of benzene rings is 2. The number of rotatable bonds is 9. The molecule has 34 heavy (non-hydrogen) atoms. The van der Waals surface area contributed by atoms with Crippen LogP contribution >= 0.6 is 12.4 Å². The number of nitrogens with one attached hydrogen (secondary N) is 1. The number of halogens is 1. The van der Waals surface area contributed by atoms with Crippen molar-refractivity contribution in [3.63, 3.8) is 0 Å². The predicted molar refractivity (Wildman–Crippen MR) is 138 cm³/mol. The number of hydrogen-bond donors (Lipinski definition) is 1. The van der Waals surface area contributed by atoms with E-state index in [4.69, 9.17) is 25.5 Å². The molecule has 0 spiro atoms. The number of nitrogens with zero attached hydrogens (tertiary/aromatic N) is 2. The van der Waals surface area contributed by atoms with Gasteiger partial charge in [0.1, 0.15) is 18.1 Å². The first-order valence-corrected chi connectivity index (χ1v) is 10.9. The summed E-state index contributed by atoms with van der Waals surface area (Å²) in [5.74, 6) is 4.69. The molecule has 0 fully saturated rings. The van der Waals surface area contributed by atoms with Gasteiger partial charge in [0.2, 0.25) is 0 Å². The molecular formula is C26H30ClN3O4. The number of ether oxygens (including phenoxy) is 3. The van der Waals surface area contributed by atoms with Gasteiger partial charge < -0.3 is 28.9 Å². The lowest BCUT2D eigenvalue weighted by Crippen LogP contribution is -2.19. The maximum Gasteiger partial charge on any atom is 0.186 e. The Morgan fingerprint density at radius 1 is 1.09 bits per heavy atom. The summed E-state index contributed by atoms with van der Waals surface area (Å²) in [6.07, 6.45) is 5.85. The summed E-state index contributed by atoms with van der Waals surface area (Å²) >= 11 is 0. The fourth-order valence-corrected chi connectivity index (χ4v) is 3.91. The van der Waals surface area contributed by atoms with Crippen molar-refractivity contribution in [3.05, 3.63) is 41.5 Å². The molecule has 7 nitrogen and oxygen atoms in total. The Morgan fingerprint density at radius 2 is 1.79 bits per heavy atom. The van der Waals surface area contributed by atoms with Gasteiger partial charge in [0.05, 0.1) is 19.9 Å². The van der Waals surface area contributed by atoms with E-state index in [0.29, 0.717) is 30.2 Å². The van der Waals surface area contributed by atoms with Crippen LogP contribution in [0.15, 0.2) is 35.5 Å². The first-order valence-electron chi connectivity index (χ1n) is 10.9. The molecule has 0 amide bonds. The minimum absolute atomic E-state index is 0. The van der Waals surface area contributed by atoms with Crippen LogP contribution in [0.3, 0.4) is 0 Å². The van der Waals surface area contributed by atoms with E-state index in [9.17, 15) is 0 Å². The molecule has 1 N–H and O–H groups in total. The van der Waals surface area contributed by atoms with Crippen molar-refractivity contribution in [2.24, 2.45) is 5.16 Å². The smallest absolute Gasteiger partial charge is 0.186 e. The van der Waals surface area contributed by atoms with Gasteiger partial charge >= 0.3 is 0 Å². The predicted octanol–water partition coefficient (Wildman–Crippen LogP) is 4.71. The molecule has 0 aliphatic heterocycles. The summed E-state index contributed by atoms with van der Waals surface area (Å²) in [6.45, 7) is 3.40. The van der Waals surface area contributed by atoms with E-state index in [1.54, 1.807) is 14.2 Å². The van der Waals surface area contributed by atoms with Gasteiger partial charge in [0.15, 0.2) is 17.6 Å². The van der Waals surface area contributed by atoms with E-state index in [1.807, 2.05) is 51.4 Å². The third-order valence-electron chi connectivity index (χ3n) is 5.69. The number of methoxy groups -OCH3 is 2. The van der Waals surface area contributed by atoms with Gasteiger partial charge in [-0.05, 0) is 50.8 Å². The molecule has 2 aromatic carbocycles. The van der Waals surface area contributed by atoms with Crippen LogP contribution in [0.5, 0.6) is 17.2 Å². The number of fused-ring (bicyclic) bond motifs is 5. The summed E-state index contributed by atoms with van der Waals surface area (Å²) in [6, 6.07) is 9.91. The van der Waals surface area contributed by atoms with Crippen molar-refractivity contribution >= 4 is 29.0 Å². The third-order valence-corrected chi connectivity index (χ3v) is 5.69. The highest BCUT2D eigenvalue weighted by Crippen LogP contribution is 2.46. The van der Waals surface area contributed by atoms with E-state index >= 15 is 0 Å². The molecule has 4 rings (SSSR count). The lowest BCUT2D eigenvalue weighted by atomic mass is 10.1. The lowest BCUT2D eigenvalue weighted by Gasteiger charge is -2.12. The van der Waals surface area contributed by atoms with Gasteiger partial charge in [-0.2, -0.15) is 0 Å². The molecule has 1 aromatic heterocycles.